The molecule has 0 aliphatic heterocycles. The fraction of sp³-hybridized carbons (Fsp3) is 0.222. The van der Waals surface area contributed by atoms with Crippen molar-refractivity contribution in [3.8, 4) is 11.3 Å². The van der Waals surface area contributed by atoms with E-state index in [1.165, 1.54) is 6.26 Å². The van der Waals surface area contributed by atoms with Crippen LogP contribution in [-0.2, 0) is 0 Å². The minimum atomic E-state index is 0.174. The largest absolute Gasteiger partial charge is 0.466 e. The first-order valence-corrected chi connectivity index (χ1v) is 3.95. The molecule has 0 saturated heterocycles. The van der Waals surface area contributed by atoms with Gasteiger partial charge in [0.1, 0.15) is 23.5 Å². The van der Waals surface area contributed by atoms with Crippen LogP contribution in [0, 0.1) is 13.8 Å². The molecule has 0 saturated carbocycles. The fourth-order valence-electron chi connectivity index (χ4n) is 1.30. The van der Waals surface area contributed by atoms with E-state index in [2.05, 4.69) is 4.98 Å². The average molecular weight is 178 g/mol. The monoisotopic (exact) mass is 178 g/mol. The van der Waals surface area contributed by atoms with Crippen LogP contribution < -0.4 is 5.73 Å². The van der Waals surface area contributed by atoms with E-state index >= 15 is 0 Å². The zero-order valence-electron chi connectivity index (χ0n) is 7.50. The Morgan fingerprint density at radius 2 is 2.15 bits per heavy atom. The molecule has 2 rings (SSSR count). The van der Waals surface area contributed by atoms with Crippen molar-refractivity contribution >= 4 is 6.01 Å². The van der Waals surface area contributed by atoms with Crippen LogP contribution in [0.15, 0.2) is 21.2 Å². The van der Waals surface area contributed by atoms with Gasteiger partial charge in [-0.2, -0.15) is 4.98 Å². The summed E-state index contributed by atoms with van der Waals surface area (Å²) in [6, 6.07) is 2.08. The predicted octanol–water partition coefficient (Wildman–Crippen LogP) is 2.13. The Labute approximate surface area is 75.4 Å². The fourth-order valence-corrected chi connectivity index (χ4v) is 1.30. The Bertz CT molecular complexity index is 429. The summed E-state index contributed by atoms with van der Waals surface area (Å²) >= 11 is 0. The van der Waals surface area contributed by atoms with Gasteiger partial charge in [-0.05, 0) is 19.9 Å². The third-order valence-corrected chi connectivity index (χ3v) is 1.84. The number of nitrogens with zero attached hydrogens (tertiary/aromatic N) is 1. The molecule has 13 heavy (non-hydrogen) atoms. The molecule has 2 aromatic rings. The Balaban J connectivity index is 2.51. The van der Waals surface area contributed by atoms with Crippen molar-refractivity contribution in [3.05, 3.63) is 23.9 Å². The van der Waals surface area contributed by atoms with Crippen molar-refractivity contribution in [1.29, 1.82) is 0 Å². The summed E-state index contributed by atoms with van der Waals surface area (Å²) in [6.07, 6.45) is 1.52. The van der Waals surface area contributed by atoms with Gasteiger partial charge in [0.25, 0.3) is 6.01 Å². The van der Waals surface area contributed by atoms with E-state index in [9.17, 15) is 0 Å². The van der Waals surface area contributed by atoms with Crippen molar-refractivity contribution in [2.75, 3.05) is 5.73 Å². The van der Waals surface area contributed by atoms with Gasteiger partial charge in [0.15, 0.2) is 0 Å². The summed E-state index contributed by atoms with van der Waals surface area (Å²) in [7, 11) is 0. The van der Waals surface area contributed by atoms with Crippen LogP contribution in [0.2, 0.25) is 0 Å². The molecule has 0 radical (unpaired) electrons. The highest BCUT2D eigenvalue weighted by atomic mass is 16.4. The summed E-state index contributed by atoms with van der Waals surface area (Å²) < 4.78 is 10.3. The topological polar surface area (TPSA) is 65.2 Å². The molecule has 4 heteroatoms. The average Bonchev–Trinajstić information content (AvgIpc) is 2.58. The van der Waals surface area contributed by atoms with Crippen LogP contribution in [0.4, 0.5) is 6.01 Å². The minimum Gasteiger partial charge on any atom is -0.466 e. The standard InChI is InChI=1S/C9H10N2O2/c1-5-3-7(6(2)13-5)8-4-12-9(10)11-8/h3-4H,1-2H3,(H2,10,11). The lowest BCUT2D eigenvalue weighted by Gasteiger charge is -1.88. The number of aromatic nitrogens is 1. The molecular formula is C9H10N2O2. The lowest BCUT2D eigenvalue weighted by Crippen LogP contribution is -1.83. The Morgan fingerprint density at radius 3 is 2.62 bits per heavy atom. The number of oxazole rings is 1. The van der Waals surface area contributed by atoms with Crippen LogP contribution in [0.25, 0.3) is 11.3 Å². The first-order chi connectivity index (χ1) is 6.16. The third-order valence-electron chi connectivity index (χ3n) is 1.84. The Hall–Kier alpha value is -1.71. The van der Waals surface area contributed by atoms with E-state index in [4.69, 9.17) is 14.6 Å². The van der Waals surface area contributed by atoms with Crippen molar-refractivity contribution in [2.24, 2.45) is 0 Å². The van der Waals surface area contributed by atoms with Gasteiger partial charge in [-0.1, -0.05) is 0 Å². The molecule has 68 valence electrons. The number of nitrogen functional groups attached to an aromatic ring is 1. The van der Waals surface area contributed by atoms with Crippen LogP contribution in [0.5, 0.6) is 0 Å². The van der Waals surface area contributed by atoms with Crippen molar-refractivity contribution in [2.45, 2.75) is 13.8 Å². The molecule has 0 aliphatic carbocycles. The SMILES string of the molecule is Cc1cc(-c2coc(N)n2)c(C)o1. The number of furan rings is 1. The molecule has 2 N–H and O–H groups in total. The molecule has 2 aromatic heterocycles. The summed E-state index contributed by atoms with van der Waals surface area (Å²) in [5, 5.41) is 0. The van der Waals surface area contributed by atoms with Crippen molar-refractivity contribution < 1.29 is 8.83 Å². The molecule has 0 fully saturated rings. The molecule has 0 aromatic carbocycles. The predicted molar refractivity (Wildman–Crippen MR) is 48.1 cm³/mol. The van der Waals surface area contributed by atoms with Gasteiger partial charge in [-0.25, -0.2) is 0 Å². The van der Waals surface area contributed by atoms with Gasteiger partial charge >= 0.3 is 0 Å². The summed E-state index contributed by atoms with van der Waals surface area (Å²) in [5.74, 6) is 1.68. The lowest BCUT2D eigenvalue weighted by atomic mass is 10.2. The van der Waals surface area contributed by atoms with Gasteiger partial charge in [-0.3, -0.25) is 0 Å². The van der Waals surface area contributed by atoms with Crippen LogP contribution in [-0.4, -0.2) is 4.98 Å². The van der Waals surface area contributed by atoms with E-state index in [0.29, 0.717) is 5.69 Å². The zero-order chi connectivity index (χ0) is 9.42. The van der Waals surface area contributed by atoms with Gasteiger partial charge in [0.05, 0.1) is 0 Å². The quantitative estimate of drug-likeness (QED) is 0.726. The molecule has 0 aliphatic rings. The molecule has 0 amide bonds. The molecule has 2 heterocycles. The minimum absolute atomic E-state index is 0.174. The van der Waals surface area contributed by atoms with E-state index in [1.807, 2.05) is 19.9 Å². The molecule has 0 spiro atoms. The number of nitrogens with two attached hydrogens (primary N) is 1. The van der Waals surface area contributed by atoms with E-state index in [-0.39, 0.29) is 6.01 Å². The molecule has 0 unspecified atom stereocenters. The van der Waals surface area contributed by atoms with Crippen LogP contribution in [0.1, 0.15) is 11.5 Å². The van der Waals surface area contributed by atoms with E-state index in [0.717, 1.165) is 17.1 Å². The molecule has 4 nitrogen and oxygen atoms in total. The lowest BCUT2D eigenvalue weighted by molar-refractivity contribution is 0.505. The summed E-state index contributed by atoms with van der Waals surface area (Å²) in [5.41, 5.74) is 7.01. The van der Waals surface area contributed by atoms with Crippen molar-refractivity contribution in [3.63, 3.8) is 0 Å². The zero-order valence-corrected chi connectivity index (χ0v) is 7.50. The van der Waals surface area contributed by atoms with Crippen LogP contribution in [0.3, 0.4) is 0 Å². The molecule has 0 bridgehead atoms. The number of hydrogen-bond donors (Lipinski definition) is 1. The van der Waals surface area contributed by atoms with Gasteiger partial charge in [0, 0.05) is 5.56 Å². The molecular weight excluding hydrogens is 168 g/mol. The van der Waals surface area contributed by atoms with Gasteiger partial charge in [-0.15, -0.1) is 0 Å². The first-order valence-electron chi connectivity index (χ1n) is 3.95. The summed E-state index contributed by atoms with van der Waals surface area (Å²) in [6.45, 7) is 3.77. The van der Waals surface area contributed by atoms with Gasteiger partial charge < -0.3 is 14.6 Å². The normalized spacial score (nSPS) is 10.6. The Morgan fingerprint density at radius 1 is 1.38 bits per heavy atom. The maximum absolute atomic E-state index is 5.36. The highest BCUT2D eigenvalue weighted by Crippen LogP contribution is 2.25. The van der Waals surface area contributed by atoms with Crippen LogP contribution >= 0.6 is 0 Å². The highest BCUT2D eigenvalue weighted by Gasteiger charge is 2.10. The first kappa shape index (κ1) is 7.91. The maximum atomic E-state index is 5.36. The number of aryl methyl sites for hydroxylation is 2. The Kier molecular flexibility index (Phi) is 1.62. The smallest absolute Gasteiger partial charge is 0.292 e. The molecule has 0 atom stereocenters. The number of anilines is 1. The number of hydrogen-bond acceptors (Lipinski definition) is 4. The van der Waals surface area contributed by atoms with Gasteiger partial charge in [0.2, 0.25) is 0 Å². The van der Waals surface area contributed by atoms with E-state index in [1.54, 1.807) is 0 Å². The second-order valence-electron chi connectivity index (χ2n) is 2.90. The second kappa shape index (κ2) is 2.65. The maximum Gasteiger partial charge on any atom is 0.292 e. The third kappa shape index (κ3) is 1.30. The van der Waals surface area contributed by atoms with E-state index < -0.39 is 0 Å². The van der Waals surface area contributed by atoms with Crippen molar-refractivity contribution in [1.82, 2.24) is 4.98 Å². The highest BCUT2D eigenvalue weighted by molar-refractivity contribution is 5.61. The summed E-state index contributed by atoms with van der Waals surface area (Å²) in [4.78, 5) is 4.01. The second-order valence-corrected chi connectivity index (χ2v) is 2.90. The number of rotatable bonds is 1.